The number of thioether (sulfide) groups is 1. The van der Waals surface area contributed by atoms with Gasteiger partial charge < -0.3 is 9.47 Å². The van der Waals surface area contributed by atoms with E-state index >= 15 is 0 Å². The van der Waals surface area contributed by atoms with Crippen LogP contribution in [0.3, 0.4) is 0 Å². The molecular weight excluding hydrogens is 465 g/mol. The monoisotopic (exact) mass is 489 g/mol. The van der Waals surface area contributed by atoms with Crippen molar-refractivity contribution < 1.29 is 36.2 Å². The minimum atomic E-state index is -5.95. The van der Waals surface area contributed by atoms with Crippen molar-refractivity contribution in [2.24, 2.45) is 0 Å². The van der Waals surface area contributed by atoms with E-state index in [2.05, 4.69) is 5.32 Å². The molecule has 180 valence electrons. The number of hydrogen-bond acceptors (Lipinski definition) is 5. The maximum atomic E-state index is 13.8. The Bertz CT molecular complexity index is 1000. The number of ether oxygens (including phenoxy) is 2. The lowest BCUT2D eigenvalue weighted by atomic mass is 9.86. The third-order valence-corrected chi connectivity index (χ3v) is 7.16. The molecule has 0 amide bonds. The van der Waals surface area contributed by atoms with Crippen molar-refractivity contribution in [1.82, 2.24) is 5.32 Å². The maximum Gasteiger partial charge on any atom is 0.461 e. The lowest BCUT2D eigenvalue weighted by Gasteiger charge is -2.36. The van der Waals surface area contributed by atoms with Crippen LogP contribution in [0, 0.1) is 0 Å². The number of hydrogen-bond donors (Lipinski definition) is 1. The molecular formula is C23H24F5NO3S. The van der Waals surface area contributed by atoms with Crippen LogP contribution in [0.5, 0.6) is 11.5 Å². The van der Waals surface area contributed by atoms with Crippen LogP contribution in [0.15, 0.2) is 47.4 Å². The second-order valence-electron chi connectivity index (χ2n) is 7.83. The van der Waals surface area contributed by atoms with Crippen LogP contribution in [0.25, 0.3) is 0 Å². The van der Waals surface area contributed by atoms with Crippen LogP contribution >= 0.6 is 11.8 Å². The molecule has 2 aromatic carbocycles. The Balaban J connectivity index is 2.09. The Labute approximate surface area is 192 Å². The smallest absolute Gasteiger partial charge is 0.461 e. The third-order valence-electron chi connectivity index (χ3n) is 5.80. The van der Waals surface area contributed by atoms with Crippen LogP contribution in [-0.2, 0) is 4.79 Å². The van der Waals surface area contributed by atoms with E-state index in [0.717, 1.165) is 16.0 Å². The molecule has 10 heteroatoms. The van der Waals surface area contributed by atoms with Gasteiger partial charge in [-0.2, -0.15) is 22.0 Å². The van der Waals surface area contributed by atoms with E-state index < -0.39 is 35.9 Å². The topological polar surface area (TPSA) is 47.6 Å². The molecule has 2 aromatic rings. The molecule has 0 unspecified atom stereocenters. The fraction of sp³-hybridized carbons (Fsp3) is 0.435. The average Bonchev–Trinajstić information content (AvgIpc) is 2.95. The highest BCUT2D eigenvalue weighted by Gasteiger charge is 2.63. The van der Waals surface area contributed by atoms with Gasteiger partial charge in [-0.1, -0.05) is 37.3 Å². The summed E-state index contributed by atoms with van der Waals surface area (Å²) < 4.78 is 77.0. The first kappa shape index (κ1) is 25.3. The molecule has 0 aliphatic carbocycles. The van der Waals surface area contributed by atoms with Crippen molar-refractivity contribution >= 4 is 17.5 Å². The van der Waals surface area contributed by atoms with Gasteiger partial charge in [-0.05, 0) is 29.7 Å². The van der Waals surface area contributed by atoms with Crippen molar-refractivity contribution in [2.45, 2.75) is 48.3 Å². The number of nitrogens with one attached hydrogen (secondary N) is 1. The van der Waals surface area contributed by atoms with Gasteiger partial charge in [0.25, 0.3) is 0 Å². The van der Waals surface area contributed by atoms with Crippen molar-refractivity contribution in [3.8, 4) is 11.5 Å². The molecule has 0 saturated carbocycles. The third kappa shape index (κ3) is 4.96. The normalized spacial score (nSPS) is 21.2. The fourth-order valence-electron chi connectivity index (χ4n) is 3.78. The van der Waals surface area contributed by atoms with Gasteiger partial charge in [0.1, 0.15) is 0 Å². The van der Waals surface area contributed by atoms with E-state index in [-0.39, 0.29) is 12.2 Å². The zero-order chi connectivity index (χ0) is 24.4. The highest BCUT2D eigenvalue weighted by atomic mass is 32.2. The second kappa shape index (κ2) is 9.50. The Hall–Kier alpha value is -2.33. The summed E-state index contributed by atoms with van der Waals surface area (Å²) in [6, 6.07) is 12.0. The zero-order valence-corrected chi connectivity index (χ0v) is 19.1. The number of carbonyl (C=O) groups is 1. The summed E-state index contributed by atoms with van der Waals surface area (Å²) in [5.41, 5.74) is 0.201. The van der Waals surface area contributed by atoms with Crippen LogP contribution < -0.4 is 14.8 Å². The van der Waals surface area contributed by atoms with Gasteiger partial charge in [0.15, 0.2) is 11.5 Å². The summed E-state index contributed by atoms with van der Waals surface area (Å²) in [6.07, 6.45) is -6.76. The number of alkyl halides is 5. The van der Waals surface area contributed by atoms with Gasteiger partial charge in [0.2, 0.25) is 5.78 Å². The van der Waals surface area contributed by atoms with Crippen LogP contribution in [0.4, 0.5) is 22.0 Å². The van der Waals surface area contributed by atoms with Crippen molar-refractivity contribution in [3.05, 3.63) is 53.6 Å². The summed E-state index contributed by atoms with van der Waals surface area (Å²) in [5, 5.41) is 3.26. The van der Waals surface area contributed by atoms with E-state index in [1.165, 1.54) is 26.0 Å². The summed E-state index contributed by atoms with van der Waals surface area (Å²) >= 11 is 1.27. The predicted octanol–water partition coefficient (Wildman–Crippen LogP) is 5.79. The lowest BCUT2D eigenvalue weighted by Crippen LogP contribution is -2.54. The molecule has 1 heterocycles. The molecule has 0 radical (unpaired) electrons. The van der Waals surface area contributed by atoms with E-state index in [0.29, 0.717) is 11.5 Å². The number of carbonyl (C=O) groups excluding carboxylic acids is 1. The Kier molecular flexibility index (Phi) is 7.28. The molecule has 1 aliphatic rings. The number of ketones is 1. The Morgan fingerprint density at radius 2 is 1.70 bits per heavy atom. The standard InChI is InChI=1S/C23H24F5NO3S/c1-4-21(12-19(30)22(24,25)23(26,27)28)13-33-18-11-17(32-3)16(31-2)10-15(18)20(29-21)14-8-6-5-7-9-14/h5-11,20,29H,4,12-13H2,1-3H3/t20-,21-/m0/s1. The highest BCUT2D eigenvalue weighted by Crippen LogP contribution is 2.46. The van der Waals surface area contributed by atoms with E-state index in [1.54, 1.807) is 31.2 Å². The minimum Gasteiger partial charge on any atom is -0.493 e. The van der Waals surface area contributed by atoms with Gasteiger partial charge >= 0.3 is 12.1 Å². The predicted molar refractivity (Wildman–Crippen MR) is 115 cm³/mol. The summed E-state index contributed by atoms with van der Waals surface area (Å²) in [6.45, 7) is 1.66. The first-order valence-electron chi connectivity index (χ1n) is 10.2. The van der Waals surface area contributed by atoms with E-state index in [4.69, 9.17) is 9.47 Å². The zero-order valence-electron chi connectivity index (χ0n) is 18.3. The van der Waals surface area contributed by atoms with Crippen molar-refractivity contribution in [2.75, 3.05) is 20.0 Å². The minimum absolute atomic E-state index is 0.106. The number of methoxy groups -OCH3 is 2. The van der Waals surface area contributed by atoms with E-state index in [9.17, 15) is 26.7 Å². The molecule has 0 spiro atoms. The summed E-state index contributed by atoms with van der Waals surface area (Å²) in [5.74, 6) is -6.56. The number of fused-ring (bicyclic) bond motifs is 1. The molecule has 33 heavy (non-hydrogen) atoms. The summed E-state index contributed by atoms with van der Waals surface area (Å²) in [4.78, 5) is 13.0. The van der Waals surface area contributed by atoms with Gasteiger partial charge in [-0.15, -0.1) is 11.8 Å². The molecule has 2 atom stereocenters. The van der Waals surface area contributed by atoms with Gasteiger partial charge in [-0.3, -0.25) is 10.1 Å². The quantitative estimate of drug-likeness (QED) is 0.499. The molecule has 0 saturated heterocycles. The SMILES string of the molecule is CC[C@]1(CC(=O)C(F)(F)C(F)(F)F)CSc2cc(OC)c(OC)cc2[C@H](c2ccccc2)N1. The van der Waals surface area contributed by atoms with Crippen LogP contribution in [-0.4, -0.2) is 43.4 Å². The van der Waals surface area contributed by atoms with Gasteiger partial charge in [0.05, 0.1) is 20.3 Å². The maximum absolute atomic E-state index is 13.8. The van der Waals surface area contributed by atoms with Crippen molar-refractivity contribution in [1.29, 1.82) is 0 Å². The molecule has 1 N–H and O–H groups in total. The molecule has 0 bridgehead atoms. The summed E-state index contributed by atoms with van der Waals surface area (Å²) in [7, 11) is 2.96. The Morgan fingerprint density at radius 3 is 2.24 bits per heavy atom. The number of Topliss-reactive ketones (excluding diaryl/α,β-unsaturated/α-hetero) is 1. The highest BCUT2D eigenvalue weighted by molar-refractivity contribution is 7.99. The molecule has 0 fully saturated rings. The second-order valence-corrected chi connectivity index (χ2v) is 8.84. The fourth-order valence-corrected chi connectivity index (χ4v) is 5.14. The first-order chi connectivity index (χ1) is 15.5. The van der Waals surface area contributed by atoms with Gasteiger partial charge in [0, 0.05) is 22.6 Å². The number of benzene rings is 2. The molecule has 0 aromatic heterocycles. The Morgan fingerprint density at radius 1 is 1.09 bits per heavy atom. The molecule has 3 rings (SSSR count). The number of halogens is 5. The van der Waals surface area contributed by atoms with Crippen LogP contribution in [0.2, 0.25) is 0 Å². The average molecular weight is 490 g/mol. The molecule has 1 aliphatic heterocycles. The number of rotatable bonds is 7. The van der Waals surface area contributed by atoms with E-state index in [1.807, 2.05) is 18.2 Å². The van der Waals surface area contributed by atoms with Crippen molar-refractivity contribution in [3.63, 3.8) is 0 Å². The largest absolute Gasteiger partial charge is 0.493 e. The molecule has 4 nitrogen and oxygen atoms in total. The lowest BCUT2D eigenvalue weighted by molar-refractivity contribution is -0.269. The van der Waals surface area contributed by atoms with Gasteiger partial charge in [-0.25, -0.2) is 0 Å². The van der Waals surface area contributed by atoms with Crippen LogP contribution in [0.1, 0.15) is 36.9 Å². The first-order valence-corrected chi connectivity index (χ1v) is 11.2.